The summed E-state index contributed by atoms with van der Waals surface area (Å²) in [5.74, 6) is -2.21. The van der Waals surface area contributed by atoms with Crippen molar-refractivity contribution in [2.24, 2.45) is 0 Å². The highest BCUT2D eigenvalue weighted by Crippen LogP contribution is 2.32. The second-order valence-corrected chi connectivity index (χ2v) is 7.10. The molecule has 0 aliphatic carbocycles. The van der Waals surface area contributed by atoms with Gasteiger partial charge in [0.05, 0.1) is 5.56 Å². The van der Waals surface area contributed by atoms with Gasteiger partial charge < -0.3 is 10.2 Å². The van der Waals surface area contributed by atoms with Gasteiger partial charge in [-0.05, 0) is 50.1 Å². The van der Waals surface area contributed by atoms with E-state index in [2.05, 4.69) is 5.32 Å². The van der Waals surface area contributed by atoms with E-state index in [9.17, 15) is 27.2 Å². The van der Waals surface area contributed by atoms with Crippen LogP contribution in [0.4, 0.5) is 17.6 Å². The molecule has 3 rings (SSSR count). The average Bonchev–Trinajstić information content (AvgIpc) is 2.68. The van der Waals surface area contributed by atoms with Gasteiger partial charge in [-0.25, -0.2) is 4.39 Å². The van der Waals surface area contributed by atoms with E-state index in [0.717, 1.165) is 11.6 Å². The molecule has 0 bridgehead atoms. The molecule has 2 amide bonds. The van der Waals surface area contributed by atoms with Gasteiger partial charge in [0.15, 0.2) is 0 Å². The second-order valence-electron chi connectivity index (χ2n) is 7.10. The van der Waals surface area contributed by atoms with Crippen molar-refractivity contribution in [3.05, 3.63) is 70.5 Å². The van der Waals surface area contributed by atoms with Crippen LogP contribution in [0.15, 0.2) is 42.5 Å². The van der Waals surface area contributed by atoms with Crippen LogP contribution in [0, 0.1) is 12.7 Å². The van der Waals surface area contributed by atoms with E-state index in [-0.39, 0.29) is 17.5 Å². The quantitative estimate of drug-likeness (QED) is 0.775. The first kappa shape index (κ1) is 20.8. The normalized spacial score (nSPS) is 15.3. The van der Waals surface area contributed by atoms with Crippen LogP contribution in [-0.4, -0.2) is 35.8 Å². The van der Waals surface area contributed by atoms with Crippen LogP contribution in [0.25, 0.3) is 0 Å². The second kappa shape index (κ2) is 8.23. The van der Waals surface area contributed by atoms with E-state index in [1.165, 1.54) is 0 Å². The zero-order valence-corrected chi connectivity index (χ0v) is 15.7. The molecule has 4 nitrogen and oxygen atoms in total. The lowest BCUT2D eigenvalue weighted by molar-refractivity contribution is -0.140. The first-order valence-corrected chi connectivity index (χ1v) is 9.18. The summed E-state index contributed by atoms with van der Waals surface area (Å²) in [6.45, 7) is 2.78. The summed E-state index contributed by atoms with van der Waals surface area (Å²) in [5, 5.41) is 2.67. The topological polar surface area (TPSA) is 49.4 Å². The van der Waals surface area contributed by atoms with Crippen LogP contribution >= 0.6 is 0 Å². The zero-order valence-electron chi connectivity index (χ0n) is 15.7. The van der Waals surface area contributed by atoms with Crippen LogP contribution < -0.4 is 5.32 Å². The first-order valence-electron chi connectivity index (χ1n) is 9.18. The number of rotatable bonds is 3. The standard InChI is InChI=1S/C21H20F4N2O2/c1-13-2-4-14(5-3-13)20(29)27-10-8-16(9-11-27)26-19(28)15-6-7-18(22)17(12-15)21(23,24)25/h2-7,12,16H,8-11H2,1H3,(H,26,28). The lowest BCUT2D eigenvalue weighted by atomic mass is 10.0. The average molecular weight is 408 g/mol. The molecule has 1 N–H and O–H groups in total. The highest BCUT2D eigenvalue weighted by Gasteiger charge is 2.35. The summed E-state index contributed by atoms with van der Waals surface area (Å²) < 4.78 is 51.8. The zero-order chi connectivity index (χ0) is 21.2. The molecule has 1 fully saturated rings. The molecule has 1 heterocycles. The van der Waals surface area contributed by atoms with Crippen LogP contribution in [0.3, 0.4) is 0 Å². The molecule has 1 aliphatic heterocycles. The summed E-state index contributed by atoms with van der Waals surface area (Å²) in [7, 11) is 0. The molecule has 0 radical (unpaired) electrons. The van der Waals surface area contributed by atoms with Crippen LogP contribution in [-0.2, 0) is 6.18 Å². The van der Waals surface area contributed by atoms with Gasteiger partial charge in [-0.2, -0.15) is 13.2 Å². The van der Waals surface area contributed by atoms with E-state index < -0.39 is 23.5 Å². The fourth-order valence-electron chi connectivity index (χ4n) is 3.26. The van der Waals surface area contributed by atoms with Gasteiger partial charge in [0, 0.05) is 30.3 Å². The Morgan fingerprint density at radius 1 is 1.00 bits per heavy atom. The molecule has 1 saturated heterocycles. The van der Waals surface area contributed by atoms with Gasteiger partial charge in [0.1, 0.15) is 5.82 Å². The van der Waals surface area contributed by atoms with E-state index >= 15 is 0 Å². The fraction of sp³-hybridized carbons (Fsp3) is 0.333. The fourth-order valence-corrected chi connectivity index (χ4v) is 3.26. The van der Waals surface area contributed by atoms with E-state index in [1.54, 1.807) is 17.0 Å². The molecule has 2 aromatic rings. The summed E-state index contributed by atoms with van der Waals surface area (Å²) in [5.41, 5.74) is -0.0814. The minimum Gasteiger partial charge on any atom is -0.349 e. The predicted molar refractivity (Wildman–Crippen MR) is 99.0 cm³/mol. The van der Waals surface area contributed by atoms with Crippen molar-refractivity contribution < 1.29 is 27.2 Å². The van der Waals surface area contributed by atoms with Crippen LogP contribution in [0.5, 0.6) is 0 Å². The van der Waals surface area contributed by atoms with E-state index in [0.29, 0.717) is 43.6 Å². The lowest BCUT2D eigenvalue weighted by Gasteiger charge is -2.32. The Hall–Kier alpha value is -2.90. The lowest BCUT2D eigenvalue weighted by Crippen LogP contribution is -2.46. The molecule has 154 valence electrons. The molecule has 0 saturated carbocycles. The number of hydrogen-bond donors (Lipinski definition) is 1. The SMILES string of the molecule is Cc1ccc(C(=O)N2CCC(NC(=O)c3ccc(F)c(C(F)(F)F)c3)CC2)cc1. The maximum atomic E-state index is 13.4. The maximum absolute atomic E-state index is 13.4. The third-order valence-corrected chi connectivity index (χ3v) is 4.95. The van der Waals surface area contributed by atoms with Crippen molar-refractivity contribution in [2.75, 3.05) is 13.1 Å². The molecule has 0 aromatic heterocycles. The Labute approximate surface area is 165 Å². The number of nitrogens with zero attached hydrogens (tertiary/aromatic N) is 1. The van der Waals surface area contributed by atoms with Gasteiger partial charge >= 0.3 is 6.18 Å². The third-order valence-electron chi connectivity index (χ3n) is 4.95. The number of carbonyl (C=O) groups is 2. The summed E-state index contributed by atoms with van der Waals surface area (Å²) in [6.07, 6.45) is -3.91. The number of nitrogens with one attached hydrogen (secondary N) is 1. The van der Waals surface area contributed by atoms with E-state index in [4.69, 9.17) is 0 Å². The Bertz CT molecular complexity index is 902. The number of benzene rings is 2. The number of piperidine rings is 1. The number of halogens is 4. The van der Waals surface area contributed by atoms with Crippen molar-refractivity contribution in [1.82, 2.24) is 10.2 Å². The van der Waals surface area contributed by atoms with Crippen molar-refractivity contribution in [2.45, 2.75) is 32.0 Å². The number of carbonyl (C=O) groups excluding carboxylic acids is 2. The monoisotopic (exact) mass is 408 g/mol. The predicted octanol–water partition coefficient (Wildman–Crippen LogP) is 4.19. The highest BCUT2D eigenvalue weighted by atomic mass is 19.4. The Morgan fingerprint density at radius 2 is 1.59 bits per heavy atom. The molecule has 0 atom stereocenters. The number of likely N-dealkylation sites (tertiary alicyclic amines) is 1. The first-order chi connectivity index (χ1) is 13.6. The van der Waals surface area contributed by atoms with Gasteiger partial charge in [0.25, 0.3) is 11.8 Å². The van der Waals surface area contributed by atoms with Gasteiger partial charge in [0.2, 0.25) is 0 Å². The molecule has 0 unspecified atom stereocenters. The minimum atomic E-state index is -4.87. The molecular weight excluding hydrogens is 388 g/mol. The summed E-state index contributed by atoms with van der Waals surface area (Å²) in [4.78, 5) is 26.5. The summed E-state index contributed by atoms with van der Waals surface area (Å²) >= 11 is 0. The number of alkyl halides is 3. The summed E-state index contributed by atoms with van der Waals surface area (Å²) in [6, 6.07) is 9.15. The van der Waals surface area contributed by atoms with Crippen molar-refractivity contribution >= 4 is 11.8 Å². The largest absolute Gasteiger partial charge is 0.419 e. The molecule has 0 spiro atoms. The third kappa shape index (κ3) is 4.93. The van der Waals surface area contributed by atoms with Crippen LogP contribution in [0.1, 0.15) is 44.7 Å². The van der Waals surface area contributed by atoms with Gasteiger partial charge in [-0.3, -0.25) is 9.59 Å². The van der Waals surface area contributed by atoms with Crippen molar-refractivity contribution in [3.8, 4) is 0 Å². The smallest absolute Gasteiger partial charge is 0.349 e. The number of aryl methyl sites for hydroxylation is 1. The molecule has 29 heavy (non-hydrogen) atoms. The maximum Gasteiger partial charge on any atom is 0.419 e. The van der Waals surface area contributed by atoms with Crippen LogP contribution in [0.2, 0.25) is 0 Å². The van der Waals surface area contributed by atoms with Gasteiger partial charge in [-0.15, -0.1) is 0 Å². The molecule has 2 aromatic carbocycles. The Kier molecular flexibility index (Phi) is 5.91. The Balaban J connectivity index is 1.59. The van der Waals surface area contributed by atoms with Crippen molar-refractivity contribution in [1.29, 1.82) is 0 Å². The van der Waals surface area contributed by atoms with Crippen molar-refractivity contribution in [3.63, 3.8) is 0 Å². The minimum absolute atomic E-state index is 0.0943. The number of amides is 2. The van der Waals surface area contributed by atoms with E-state index in [1.807, 2.05) is 19.1 Å². The van der Waals surface area contributed by atoms with Gasteiger partial charge in [-0.1, -0.05) is 17.7 Å². The highest BCUT2D eigenvalue weighted by molar-refractivity contribution is 5.95. The number of hydrogen-bond acceptors (Lipinski definition) is 2. The molecule has 1 aliphatic rings. The molecular formula is C21H20F4N2O2. The Morgan fingerprint density at radius 3 is 2.17 bits per heavy atom. The molecule has 8 heteroatoms.